The number of carbonyl (C=O) groups is 1. The minimum atomic E-state index is -3.83. The topological polar surface area (TPSA) is 63.2 Å². The van der Waals surface area contributed by atoms with Crippen molar-refractivity contribution in [2.45, 2.75) is 31.1 Å². The number of rotatable bonds is 4. The van der Waals surface area contributed by atoms with Crippen molar-refractivity contribution in [2.24, 2.45) is 5.92 Å². The summed E-state index contributed by atoms with van der Waals surface area (Å²) in [4.78, 5) is 12.1. The number of amides is 1. The Morgan fingerprint density at radius 2 is 2.10 bits per heavy atom. The van der Waals surface area contributed by atoms with Gasteiger partial charge in [-0.05, 0) is 55.9 Å². The standard InChI is InChI=1S/C15H18ClNO3S/c1-11-7-13(9-14(8-11)21(16,19)20)15(18)17-10-12-5-3-2-4-6-12/h2-3,7-9,12H,4-6,10H2,1H3,(H,17,18). The molecular weight excluding hydrogens is 310 g/mol. The van der Waals surface area contributed by atoms with Gasteiger partial charge in [-0.15, -0.1) is 0 Å². The predicted molar refractivity (Wildman–Crippen MR) is 83.0 cm³/mol. The molecule has 1 aliphatic rings. The average molecular weight is 328 g/mol. The first-order valence-corrected chi connectivity index (χ1v) is 9.17. The van der Waals surface area contributed by atoms with Crippen LogP contribution in [-0.4, -0.2) is 20.9 Å². The highest BCUT2D eigenvalue weighted by Gasteiger charge is 2.16. The molecule has 21 heavy (non-hydrogen) atoms. The normalized spacial score (nSPS) is 18.5. The lowest BCUT2D eigenvalue weighted by Crippen LogP contribution is -2.29. The number of nitrogens with one attached hydrogen (secondary N) is 1. The molecule has 2 rings (SSSR count). The van der Waals surface area contributed by atoms with Crippen LogP contribution in [0.4, 0.5) is 0 Å². The Kier molecular flexibility index (Phi) is 5.06. The second-order valence-electron chi connectivity index (χ2n) is 5.33. The molecule has 1 N–H and O–H groups in total. The second kappa shape index (κ2) is 6.62. The van der Waals surface area contributed by atoms with E-state index in [-0.39, 0.29) is 10.8 Å². The summed E-state index contributed by atoms with van der Waals surface area (Å²) in [7, 11) is 1.51. The van der Waals surface area contributed by atoms with Crippen LogP contribution in [0.2, 0.25) is 0 Å². The lowest BCUT2D eigenvalue weighted by atomic mass is 9.94. The highest BCUT2D eigenvalue weighted by molar-refractivity contribution is 8.13. The van der Waals surface area contributed by atoms with Gasteiger partial charge in [-0.1, -0.05) is 12.2 Å². The van der Waals surface area contributed by atoms with Crippen LogP contribution in [0.3, 0.4) is 0 Å². The van der Waals surface area contributed by atoms with Gasteiger partial charge in [-0.2, -0.15) is 0 Å². The summed E-state index contributed by atoms with van der Waals surface area (Å²) in [6, 6.07) is 4.41. The predicted octanol–water partition coefficient (Wildman–Crippen LogP) is 3.01. The third-order valence-corrected chi connectivity index (χ3v) is 4.86. The molecular formula is C15H18ClNO3S. The fourth-order valence-electron chi connectivity index (χ4n) is 2.40. The van der Waals surface area contributed by atoms with Crippen LogP contribution < -0.4 is 5.32 Å². The third-order valence-electron chi connectivity index (χ3n) is 3.52. The summed E-state index contributed by atoms with van der Waals surface area (Å²) in [6.45, 7) is 2.33. The molecule has 6 heteroatoms. The van der Waals surface area contributed by atoms with Crippen molar-refractivity contribution in [3.63, 3.8) is 0 Å². The van der Waals surface area contributed by atoms with Crippen LogP contribution in [0.25, 0.3) is 0 Å². The highest BCUT2D eigenvalue weighted by Crippen LogP contribution is 2.20. The van der Waals surface area contributed by atoms with E-state index in [1.54, 1.807) is 13.0 Å². The third kappa shape index (κ3) is 4.58. The molecule has 0 saturated carbocycles. The number of hydrogen-bond acceptors (Lipinski definition) is 3. The van der Waals surface area contributed by atoms with E-state index in [4.69, 9.17) is 10.7 Å². The summed E-state index contributed by atoms with van der Waals surface area (Å²) >= 11 is 0. The van der Waals surface area contributed by atoms with Gasteiger partial charge in [0.1, 0.15) is 0 Å². The molecule has 1 aromatic carbocycles. The van der Waals surface area contributed by atoms with Crippen LogP contribution >= 0.6 is 10.7 Å². The molecule has 0 radical (unpaired) electrons. The average Bonchev–Trinajstić information content (AvgIpc) is 2.44. The van der Waals surface area contributed by atoms with Gasteiger partial charge in [0, 0.05) is 22.8 Å². The summed E-state index contributed by atoms with van der Waals surface area (Å²) in [5.74, 6) is 0.176. The van der Waals surface area contributed by atoms with E-state index in [9.17, 15) is 13.2 Å². The van der Waals surface area contributed by atoms with Gasteiger partial charge in [0.2, 0.25) is 0 Å². The van der Waals surface area contributed by atoms with Gasteiger partial charge < -0.3 is 5.32 Å². The van der Waals surface area contributed by atoms with E-state index in [2.05, 4.69) is 17.5 Å². The van der Waals surface area contributed by atoms with Crippen molar-refractivity contribution in [2.75, 3.05) is 6.54 Å². The summed E-state index contributed by atoms with van der Waals surface area (Å²) in [5.41, 5.74) is 1.00. The number of aryl methyl sites for hydroxylation is 1. The van der Waals surface area contributed by atoms with Crippen LogP contribution in [0, 0.1) is 12.8 Å². The van der Waals surface area contributed by atoms with Crippen molar-refractivity contribution < 1.29 is 13.2 Å². The fraction of sp³-hybridized carbons (Fsp3) is 0.400. The smallest absolute Gasteiger partial charge is 0.261 e. The Hall–Kier alpha value is -1.33. The zero-order valence-electron chi connectivity index (χ0n) is 11.8. The van der Waals surface area contributed by atoms with Gasteiger partial charge in [-0.25, -0.2) is 8.42 Å². The lowest BCUT2D eigenvalue weighted by Gasteiger charge is -2.18. The van der Waals surface area contributed by atoms with Crippen LogP contribution in [-0.2, 0) is 9.05 Å². The first-order chi connectivity index (χ1) is 9.86. The Balaban J connectivity index is 2.08. The van der Waals surface area contributed by atoms with Crippen molar-refractivity contribution in [1.29, 1.82) is 0 Å². The van der Waals surface area contributed by atoms with Gasteiger partial charge >= 0.3 is 0 Å². The Bertz CT molecular complexity index is 667. The van der Waals surface area contributed by atoms with Crippen LogP contribution in [0.15, 0.2) is 35.2 Å². The van der Waals surface area contributed by atoms with Crippen molar-refractivity contribution in [3.05, 3.63) is 41.5 Å². The van der Waals surface area contributed by atoms with E-state index >= 15 is 0 Å². The molecule has 0 heterocycles. The SMILES string of the molecule is Cc1cc(C(=O)NCC2CC=CCC2)cc(S(=O)(=O)Cl)c1. The zero-order chi connectivity index (χ0) is 15.5. The first-order valence-electron chi connectivity index (χ1n) is 6.86. The summed E-state index contributed by atoms with van der Waals surface area (Å²) in [6.07, 6.45) is 7.35. The Morgan fingerprint density at radius 3 is 2.71 bits per heavy atom. The molecule has 1 unspecified atom stereocenters. The zero-order valence-corrected chi connectivity index (χ0v) is 13.4. The Labute approximate surface area is 129 Å². The molecule has 4 nitrogen and oxygen atoms in total. The molecule has 0 bridgehead atoms. The minimum absolute atomic E-state index is 0.0464. The molecule has 114 valence electrons. The number of carbonyl (C=O) groups excluding carboxylic acids is 1. The summed E-state index contributed by atoms with van der Waals surface area (Å²) in [5, 5.41) is 2.86. The first kappa shape index (κ1) is 16.0. The van der Waals surface area contributed by atoms with Crippen molar-refractivity contribution in [3.8, 4) is 0 Å². The molecule has 0 fully saturated rings. The van der Waals surface area contributed by atoms with E-state index in [1.807, 2.05) is 0 Å². The maximum absolute atomic E-state index is 12.2. The molecule has 0 aliphatic heterocycles. The lowest BCUT2D eigenvalue weighted by molar-refractivity contribution is 0.0946. The fourth-order valence-corrected chi connectivity index (χ4v) is 3.26. The maximum atomic E-state index is 12.2. The molecule has 0 aromatic heterocycles. The van der Waals surface area contributed by atoms with E-state index in [0.29, 0.717) is 23.6 Å². The van der Waals surface area contributed by atoms with Gasteiger partial charge in [0.05, 0.1) is 4.90 Å². The molecule has 1 aliphatic carbocycles. The quantitative estimate of drug-likeness (QED) is 0.683. The van der Waals surface area contributed by atoms with Crippen molar-refractivity contribution in [1.82, 2.24) is 5.32 Å². The molecule has 1 amide bonds. The van der Waals surface area contributed by atoms with Gasteiger partial charge in [0.25, 0.3) is 15.0 Å². The summed E-state index contributed by atoms with van der Waals surface area (Å²) < 4.78 is 22.8. The van der Waals surface area contributed by atoms with E-state index in [0.717, 1.165) is 19.3 Å². The van der Waals surface area contributed by atoms with Gasteiger partial charge in [0.15, 0.2) is 0 Å². The largest absolute Gasteiger partial charge is 0.352 e. The second-order valence-corrected chi connectivity index (χ2v) is 7.90. The molecule has 1 aromatic rings. The minimum Gasteiger partial charge on any atom is -0.352 e. The van der Waals surface area contributed by atoms with Crippen molar-refractivity contribution >= 4 is 25.6 Å². The monoisotopic (exact) mass is 327 g/mol. The Morgan fingerprint density at radius 1 is 1.33 bits per heavy atom. The molecule has 0 spiro atoms. The highest BCUT2D eigenvalue weighted by atomic mass is 35.7. The van der Waals surface area contributed by atoms with Crippen LogP contribution in [0.5, 0.6) is 0 Å². The maximum Gasteiger partial charge on any atom is 0.261 e. The van der Waals surface area contributed by atoms with Crippen LogP contribution in [0.1, 0.15) is 35.2 Å². The molecule has 1 atom stereocenters. The number of allylic oxidation sites excluding steroid dienone is 2. The molecule has 0 saturated heterocycles. The number of benzene rings is 1. The number of hydrogen-bond donors (Lipinski definition) is 1. The van der Waals surface area contributed by atoms with Gasteiger partial charge in [-0.3, -0.25) is 4.79 Å². The van der Waals surface area contributed by atoms with E-state index in [1.165, 1.54) is 12.1 Å². The van der Waals surface area contributed by atoms with E-state index < -0.39 is 9.05 Å². The number of halogens is 1.